The molecule has 8 heteroatoms. The summed E-state index contributed by atoms with van der Waals surface area (Å²) in [6.07, 6.45) is 1.09. The van der Waals surface area contributed by atoms with Crippen LogP contribution in [0.4, 0.5) is 0 Å². The number of amides is 1. The van der Waals surface area contributed by atoms with Gasteiger partial charge in [0, 0.05) is 11.8 Å². The van der Waals surface area contributed by atoms with E-state index >= 15 is 0 Å². The Morgan fingerprint density at radius 2 is 1.78 bits per heavy atom. The van der Waals surface area contributed by atoms with Crippen molar-refractivity contribution in [2.45, 2.75) is 26.8 Å². The number of ether oxygens (including phenoxy) is 2. The van der Waals surface area contributed by atoms with Crippen LogP contribution >= 0.6 is 0 Å². The second-order valence-electron chi connectivity index (χ2n) is 5.33. The molecule has 1 atom stereocenters. The standard InChI is InChI=1S/C19H24N2O6/c1-4-26-16(22)12-21-18(24)13(3)20-11-15(19(25)27-5-2)17(23)14-9-7-6-8-10-14/h6-11,13,23H,4-5,12H2,1-3H3,(H,21,24)/b17-15+,20-11?. The Bertz CT molecular complexity index is 712. The van der Waals surface area contributed by atoms with E-state index in [1.54, 1.807) is 44.2 Å². The summed E-state index contributed by atoms with van der Waals surface area (Å²) in [4.78, 5) is 39.4. The molecule has 0 heterocycles. The van der Waals surface area contributed by atoms with Crippen molar-refractivity contribution in [1.82, 2.24) is 5.32 Å². The monoisotopic (exact) mass is 376 g/mol. The van der Waals surface area contributed by atoms with Crippen molar-refractivity contribution in [3.05, 3.63) is 41.5 Å². The molecule has 1 amide bonds. The number of rotatable bonds is 9. The molecule has 1 rings (SSSR count). The minimum absolute atomic E-state index is 0.119. The molecular formula is C19H24N2O6. The lowest BCUT2D eigenvalue weighted by Crippen LogP contribution is -2.36. The number of nitrogens with one attached hydrogen (secondary N) is 1. The number of benzene rings is 1. The van der Waals surface area contributed by atoms with Crippen molar-refractivity contribution in [3.8, 4) is 0 Å². The molecule has 1 aromatic rings. The van der Waals surface area contributed by atoms with Crippen LogP contribution in [0.15, 0.2) is 40.9 Å². The van der Waals surface area contributed by atoms with E-state index in [0.717, 1.165) is 6.21 Å². The Kier molecular flexibility index (Phi) is 9.28. The van der Waals surface area contributed by atoms with Crippen LogP contribution in [0.2, 0.25) is 0 Å². The van der Waals surface area contributed by atoms with Crippen molar-refractivity contribution in [2.75, 3.05) is 19.8 Å². The summed E-state index contributed by atoms with van der Waals surface area (Å²) >= 11 is 0. The van der Waals surface area contributed by atoms with Gasteiger partial charge in [-0.25, -0.2) is 4.79 Å². The molecule has 0 aliphatic heterocycles. The van der Waals surface area contributed by atoms with Crippen LogP contribution < -0.4 is 5.32 Å². The predicted octanol–water partition coefficient (Wildman–Crippen LogP) is 1.66. The number of hydrogen-bond acceptors (Lipinski definition) is 7. The Balaban J connectivity index is 2.93. The van der Waals surface area contributed by atoms with E-state index in [2.05, 4.69) is 10.3 Å². The molecule has 0 bridgehead atoms. The largest absolute Gasteiger partial charge is 0.506 e. The maximum absolute atomic E-state index is 12.1. The zero-order valence-corrected chi connectivity index (χ0v) is 15.6. The number of aliphatic hydroxyl groups excluding tert-OH is 1. The first kappa shape index (κ1) is 21.9. The van der Waals surface area contributed by atoms with Gasteiger partial charge in [-0.2, -0.15) is 0 Å². The fourth-order valence-electron chi connectivity index (χ4n) is 1.94. The maximum atomic E-state index is 12.1. The molecular weight excluding hydrogens is 352 g/mol. The number of esters is 2. The van der Waals surface area contributed by atoms with E-state index in [9.17, 15) is 19.5 Å². The van der Waals surface area contributed by atoms with Crippen molar-refractivity contribution >= 4 is 29.8 Å². The first-order valence-corrected chi connectivity index (χ1v) is 8.52. The SMILES string of the molecule is CCOC(=O)CNC(=O)C(C)N=C/C(C(=O)OCC)=C(\O)c1ccccc1. The normalized spacial score (nSPS) is 12.9. The number of hydrogen-bond donors (Lipinski definition) is 2. The van der Waals surface area contributed by atoms with Crippen LogP contribution in [0.25, 0.3) is 5.76 Å². The summed E-state index contributed by atoms with van der Waals surface area (Å²) < 4.78 is 9.65. The Hall–Kier alpha value is -3.16. The van der Waals surface area contributed by atoms with Crippen molar-refractivity contribution < 1.29 is 29.0 Å². The van der Waals surface area contributed by atoms with Gasteiger partial charge in [0.25, 0.3) is 0 Å². The van der Waals surface area contributed by atoms with Gasteiger partial charge in [0.15, 0.2) is 0 Å². The quantitative estimate of drug-likeness (QED) is 0.293. The van der Waals surface area contributed by atoms with Crippen LogP contribution in [-0.2, 0) is 23.9 Å². The molecule has 1 unspecified atom stereocenters. The van der Waals surface area contributed by atoms with E-state index < -0.39 is 23.9 Å². The zero-order chi connectivity index (χ0) is 20.2. The Labute approximate surface area is 157 Å². The molecule has 0 radical (unpaired) electrons. The van der Waals surface area contributed by atoms with Gasteiger partial charge in [-0.15, -0.1) is 0 Å². The maximum Gasteiger partial charge on any atom is 0.343 e. The van der Waals surface area contributed by atoms with Crippen molar-refractivity contribution in [1.29, 1.82) is 0 Å². The Morgan fingerprint density at radius 3 is 2.37 bits per heavy atom. The predicted molar refractivity (Wildman–Crippen MR) is 100 cm³/mol. The van der Waals surface area contributed by atoms with Crippen LogP contribution in [0.3, 0.4) is 0 Å². The summed E-state index contributed by atoms with van der Waals surface area (Å²) in [5.74, 6) is -2.16. The molecule has 0 fully saturated rings. The van der Waals surface area contributed by atoms with Gasteiger partial charge in [-0.1, -0.05) is 30.3 Å². The molecule has 8 nitrogen and oxygen atoms in total. The lowest BCUT2D eigenvalue weighted by atomic mass is 10.1. The molecule has 0 saturated heterocycles. The molecule has 0 spiro atoms. The smallest absolute Gasteiger partial charge is 0.343 e. The number of nitrogens with zero attached hydrogens (tertiary/aromatic N) is 1. The molecule has 0 saturated carbocycles. The summed E-state index contributed by atoms with van der Waals surface area (Å²) in [5, 5.41) is 12.8. The molecule has 0 aliphatic rings. The molecule has 0 aromatic heterocycles. The molecule has 1 aromatic carbocycles. The number of aliphatic imine (C=N–C) groups is 1. The summed E-state index contributed by atoms with van der Waals surface area (Å²) in [6.45, 7) is 4.84. The third-order valence-electron chi connectivity index (χ3n) is 3.32. The fourth-order valence-corrected chi connectivity index (χ4v) is 1.94. The van der Waals surface area contributed by atoms with Crippen molar-refractivity contribution in [2.24, 2.45) is 4.99 Å². The minimum atomic E-state index is -0.896. The van der Waals surface area contributed by atoms with Gasteiger partial charge in [0.1, 0.15) is 23.9 Å². The molecule has 0 aliphatic carbocycles. The lowest BCUT2D eigenvalue weighted by molar-refractivity contribution is -0.143. The highest BCUT2D eigenvalue weighted by Crippen LogP contribution is 2.16. The highest BCUT2D eigenvalue weighted by molar-refractivity contribution is 6.15. The number of aliphatic hydroxyl groups is 1. The van der Waals surface area contributed by atoms with Gasteiger partial charge in [-0.3, -0.25) is 14.6 Å². The van der Waals surface area contributed by atoms with Gasteiger partial charge in [0.2, 0.25) is 5.91 Å². The summed E-state index contributed by atoms with van der Waals surface area (Å²) in [6, 6.07) is 7.53. The average molecular weight is 376 g/mol. The van der Waals surface area contributed by atoms with E-state index in [4.69, 9.17) is 9.47 Å². The summed E-state index contributed by atoms with van der Waals surface area (Å²) in [5.41, 5.74) is 0.236. The number of carbonyl (C=O) groups is 3. The van der Waals surface area contributed by atoms with E-state index in [1.807, 2.05) is 0 Å². The van der Waals surface area contributed by atoms with Crippen LogP contribution in [0.5, 0.6) is 0 Å². The molecule has 2 N–H and O–H groups in total. The number of carbonyl (C=O) groups excluding carboxylic acids is 3. The van der Waals surface area contributed by atoms with Crippen LogP contribution in [-0.4, -0.2) is 55.0 Å². The first-order valence-electron chi connectivity index (χ1n) is 8.52. The topological polar surface area (TPSA) is 114 Å². The van der Waals surface area contributed by atoms with Gasteiger partial charge in [-0.05, 0) is 20.8 Å². The van der Waals surface area contributed by atoms with Gasteiger partial charge >= 0.3 is 11.9 Å². The second kappa shape index (κ2) is 11.5. The van der Waals surface area contributed by atoms with E-state index in [0.29, 0.717) is 5.56 Å². The highest BCUT2D eigenvalue weighted by Gasteiger charge is 2.18. The first-order chi connectivity index (χ1) is 12.9. The average Bonchev–Trinajstić information content (AvgIpc) is 2.67. The lowest BCUT2D eigenvalue weighted by Gasteiger charge is -2.09. The highest BCUT2D eigenvalue weighted by atomic mass is 16.5. The van der Waals surface area contributed by atoms with Crippen LogP contribution in [0.1, 0.15) is 26.3 Å². The third-order valence-corrected chi connectivity index (χ3v) is 3.32. The zero-order valence-electron chi connectivity index (χ0n) is 15.6. The summed E-state index contributed by atoms with van der Waals surface area (Å²) in [7, 11) is 0. The third kappa shape index (κ3) is 7.31. The fraction of sp³-hybridized carbons (Fsp3) is 0.368. The van der Waals surface area contributed by atoms with Crippen molar-refractivity contribution in [3.63, 3.8) is 0 Å². The van der Waals surface area contributed by atoms with Gasteiger partial charge in [0.05, 0.1) is 13.2 Å². The second-order valence-corrected chi connectivity index (χ2v) is 5.33. The van der Waals surface area contributed by atoms with Crippen LogP contribution in [0, 0.1) is 0 Å². The Morgan fingerprint density at radius 1 is 1.15 bits per heavy atom. The molecule has 27 heavy (non-hydrogen) atoms. The van der Waals surface area contributed by atoms with Gasteiger partial charge < -0.3 is 19.9 Å². The van der Waals surface area contributed by atoms with E-state index in [-0.39, 0.29) is 31.1 Å². The van der Waals surface area contributed by atoms with E-state index in [1.165, 1.54) is 6.92 Å². The minimum Gasteiger partial charge on any atom is -0.506 e. The molecule has 146 valence electrons.